The smallest absolute Gasteiger partial charge is 0.323 e. The SMILES string of the molecule is CC(Cl)C(=O)NCCOC(=O)C(C)Cl. The summed E-state index contributed by atoms with van der Waals surface area (Å²) in [4.78, 5) is 21.7. The molecule has 1 amide bonds. The lowest BCUT2D eigenvalue weighted by Crippen LogP contribution is -2.33. The van der Waals surface area contributed by atoms with Crippen LogP contribution in [0.3, 0.4) is 0 Å². The van der Waals surface area contributed by atoms with Crippen molar-refractivity contribution in [2.24, 2.45) is 0 Å². The highest BCUT2D eigenvalue weighted by Gasteiger charge is 2.11. The van der Waals surface area contributed by atoms with E-state index in [2.05, 4.69) is 5.32 Å². The van der Waals surface area contributed by atoms with Crippen LogP contribution in [-0.2, 0) is 14.3 Å². The van der Waals surface area contributed by atoms with Gasteiger partial charge >= 0.3 is 5.97 Å². The Morgan fingerprint density at radius 2 is 1.86 bits per heavy atom. The molecule has 0 radical (unpaired) electrons. The zero-order valence-electron chi connectivity index (χ0n) is 8.05. The Labute approximate surface area is 92.9 Å². The van der Waals surface area contributed by atoms with Crippen molar-refractivity contribution in [2.45, 2.75) is 24.6 Å². The van der Waals surface area contributed by atoms with Crippen molar-refractivity contribution < 1.29 is 14.3 Å². The summed E-state index contributed by atoms with van der Waals surface area (Å²) in [6.45, 7) is 3.42. The molecule has 0 aliphatic rings. The number of nitrogens with one attached hydrogen (secondary N) is 1. The van der Waals surface area contributed by atoms with Crippen molar-refractivity contribution in [3.63, 3.8) is 0 Å². The van der Waals surface area contributed by atoms with Crippen molar-refractivity contribution in [2.75, 3.05) is 13.2 Å². The normalized spacial score (nSPS) is 14.3. The molecule has 2 atom stereocenters. The fraction of sp³-hybridized carbons (Fsp3) is 0.750. The Morgan fingerprint density at radius 1 is 1.29 bits per heavy atom. The highest BCUT2D eigenvalue weighted by atomic mass is 35.5. The minimum Gasteiger partial charge on any atom is -0.463 e. The van der Waals surface area contributed by atoms with Gasteiger partial charge in [0.05, 0.1) is 6.54 Å². The second kappa shape index (κ2) is 6.90. The van der Waals surface area contributed by atoms with Crippen LogP contribution in [0.4, 0.5) is 0 Å². The molecule has 0 bridgehead atoms. The van der Waals surface area contributed by atoms with E-state index in [1.54, 1.807) is 6.92 Å². The summed E-state index contributed by atoms with van der Waals surface area (Å²) < 4.78 is 4.70. The zero-order valence-corrected chi connectivity index (χ0v) is 9.56. The van der Waals surface area contributed by atoms with E-state index in [1.165, 1.54) is 6.92 Å². The summed E-state index contributed by atoms with van der Waals surface area (Å²) in [6, 6.07) is 0. The Bertz CT molecular complexity index is 185. The number of amides is 1. The number of alkyl halides is 2. The zero-order chi connectivity index (χ0) is 11.1. The van der Waals surface area contributed by atoms with Crippen LogP contribution in [0.25, 0.3) is 0 Å². The monoisotopic (exact) mass is 241 g/mol. The molecular formula is C8H13Cl2NO3. The lowest BCUT2D eigenvalue weighted by molar-refractivity contribution is -0.143. The van der Waals surface area contributed by atoms with Gasteiger partial charge in [-0.1, -0.05) is 0 Å². The molecule has 82 valence electrons. The van der Waals surface area contributed by atoms with E-state index in [4.69, 9.17) is 27.9 Å². The molecule has 0 spiro atoms. The van der Waals surface area contributed by atoms with Gasteiger partial charge in [-0.2, -0.15) is 0 Å². The first-order chi connectivity index (χ1) is 6.45. The highest BCUT2D eigenvalue weighted by molar-refractivity contribution is 6.30. The predicted molar refractivity (Wildman–Crippen MR) is 54.6 cm³/mol. The Morgan fingerprint density at radius 3 is 2.29 bits per heavy atom. The third-order valence-corrected chi connectivity index (χ3v) is 1.71. The predicted octanol–water partition coefficient (Wildman–Crippen LogP) is 0.900. The Balaban J connectivity index is 3.48. The topological polar surface area (TPSA) is 55.4 Å². The summed E-state index contributed by atoms with van der Waals surface area (Å²) in [5.74, 6) is -0.790. The maximum Gasteiger partial charge on any atom is 0.323 e. The van der Waals surface area contributed by atoms with Crippen molar-refractivity contribution in [3.8, 4) is 0 Å². The van der Waals surface area contributed by atoms with E-state index in [9.17, 15) is 9.59 Å². The van der Waals surface area contributed by atoms with Gasteiger partial charge in [-0.25, -0.2) is 0 Å². The summed E-state index contributed by atoms with van der Waals surface area (Å²) in [5.41, 5.74) is 0. The van der Waals surface area contributed by atoms with E-state index in [0.717, 1.165) is 0 Å². The van der Waals surface area contributed by atoms with Crippen LogP contribution in [0.2, 0.25) is 0 Å². The van der Waals surface area contributed by atoms with Gasteiger partial charge in [-0.05, 0) is 13.8 Å². The molecule has 0 rings (SSSR count). The van der Waals surface area contributed by atoms with E-state index >= 15 is 0 Å². The maximum atomic E-state index is 10.9. The van der Waals surface area contributed by atoms with Crippen LogP contribution in [0.1, 0.15) is 13.8 Å². The van der Waals surface area contributed by atoms with Crippen LogP contribution in [0, 0.1) is 0 Å². The fourth-order valence-electron chi connectivity index (χ4n) is 0.581. The first-order valence-electron chi connectivity index (χ1n) is 4.17. The van der Waals surface area contributed by atoms with E-state index in [-0.39, 0.29) is 19.1 Å². The fourth-order valence-corrected chi connectivity index (χ4v) is 0.721. The second-order valence-electron chi connectivity index (χ2n) is 2.69. The summed E-state index contributed by atoms with van der Waals surface area (Å²) in [5, 5.41) is 1.23. The van der Waals surface area contributed by atoms with Crippen molar-refractivity contribution in [1.82, 2.24) is 5.32 Å². The number of carbonyl (C=O) groups excluding carboxylic acids is 2. The van der Waals surface area contributed by atoms with Crippen LogP contribution in [-0.4, -0.2) is 35.8 Å². The molecule has 1 N–H and O–H groups in total. The molecule has 0 fully saturated rings. The second-order valence-corrected chi connectivity index (χ2v) is 4.00. The van der Waals surface area contributed by atoms with Gasteiger partial charge in [0.15, 0.2) is 0 Å². The van der Waals surface area contributed by atoms with Gasteiger partial charge in [0, 0.05) is 0 Å². The number of ether oxygens (including phenoxy) is 1. The number of halogens is 2. The number of hydrogen-bond donors (Lipinski definition) is 1. The van der Waals surface area contributed by atoms with Gasteiger partial charge in [0.25, 0.3) is 0 Å². The van der Waals surface area contributed by atoms with Crippen LogP contribution >= 0.6 is 23.2 Å². The Hall–Kier alpha value is -0.480. The minimum absolute atomic E-state index is 0.102. The van der Waals surface area contributed by atoms with Gasteiger partial charge in [0.2, 0.25) is 5.91 Å². The summed E-state index contributed by atoms with van der Waals surface area (Å²) >= 11 is 10.9. The maximum absolute atomic E-state index is 10.9. The lowest BCUT2D eigenvalue weighted by Gasteiger charge is -2.08. The molecule has 0 aromatic rings. The largest absolute Gasteiger partial charge is 0.463 e. The van der Waals surface area contributed by atoms with Crippen molar-refractivity contribution >= 4 is 35.1 Å². The number of esters is 1. The molecule has 0 aliphatic heterocycles. The third-order valence-electron chi connectivity index (χ3n) is 1.33. The van der Waals surface area contributed by atoms with Crippen LogP contribution < -0.4 is 5.32 Å². The molecule has 0 heterocycles. The molecule has 6 heteroatoms. The molecule has 0 aromatic heterocycles. The van der Waals surface area contributed by atoms with Gasteiger partial charge < -0.3 is 10.1 Å². The number of carbonyl (C=O) groups is 2. The average Bonchev–Trinajstić information content (AvgIpc) is 2.11. The highest BCUT2D eigenvalue weighted by Crippen LogP contribution is 1.96. The van der Waals surface area contributed by atoms with Gasteiger partial charge in [0.1, 0.15) is 17.4 Å². The molecule has 14 heavy (non-hydrogen) atoms. The average molecular weight is 242 g/mol. The third kappa shape index (κ3) is 6.05. The van der Waals surface area contributed by atoms with E-state index < -0.39 is 16.7 Å². The first-order valence-corrected chi connectivity index (χ1v) is 5.05. The quantitative estimate of drug-likeness (QED) is 0.442. The molecule has 0 saturated carbocycles. The molecular weight excluding hydrogens is 229 g/mol. The van der Waals surface area contributed by atoms with Crippen molar-refractivity contribution in [3.05, 3.63) is 0 Å². The molecule has 0 aromatic carbocycles. The van der Waals surface area contributed by atoms with Crippen LogP contribution in [0.5, 0.6) is 0 Å². The molecule has 4 nitrogen and oxygen atoms in total. The molecule has 2 unspecified atom stereocenters. The lowest BCUT2D eigenvalue weighted by atomic mass is 10.4. The molecule has 0 saturated heterocycles. The van der Waals surface area contributed by atoms with E-state index in [1.807, 2.05) is 0 Å². The Kier molecular flexibility index (Phi) is 6.66. The number of hydrogen-bond acceptors (Lipinski definition) is 3. The van der Waals surface area contributed by atoms with Gasteiger partial charge in [-0.3, -0.25) is 9.59 Å². The van der Waals surface area contributed by atoms with Gasteiger partial charge in [-0.15, -0.1) is 23.2 Å². The first kappa shape index (κ1) is 13.5. The minimum atomic E-state index is -0.669. The number of rotatable bonds is 5. The van der Waals surface area contributed by atoms with Crippen LogP contribution in [0.15, 0.2) is 0 Å². The van der Waals surface area contributed by atoms with Crippen molar-refractivity contribution in [1.29, 1.82) is 0 Å². The summed E-state index contributed by atoms with van der Waals surface area (Å²) in [6.07, 6.45) is 0. The standard InChI is InChI=1S/C8H13Cl2NO3/c1-5(9)7(12)11-3-4-14-8(13)6(2)10/h5-6H,3-4H2,1-2H3,(H,11,12). The molecule has 0 aliphatic carbocycles. The summed E-state index contributed by atoms with van der Waals surface area (Å²) in [7, 11) is 0. The van der Waals surface area contributed by atoms with E-state index in [0.29, 0.717) is 0 Å².